The molecule has 14 nitrogen and oxygen atoms in total. The highest BCUT2D eigenvalue weighted by molar-refractivity contribution is 7.93. The van der Waals surface area contributed by atoms with Gasteiger partial charge in [0.05, 0.1) is 70.1 Å². The Bertz CT molecular complexity index is 2700. The van der Waals surface area contributed by atoms with Crippen LogP contribution >= 0.6 is 0 Å². The lowest BCUT2D eigenvalue weighted by molar-refractivity contribution is -0.155. The highest BCUT2D eigenvalue weighted by Gasteiger charge is 2.40. The van der Waals surface area contributed by atoms with Crippen molar-refractivity contribution in [1.82, 2.24) is 0 Å². The average Bonchev–Trinajstić information content (AvgIpc) is 3.24. The Hall–Kier alpha value is -6.10. The van der Waals surface area contributed by atoms with Crippen molar-refractivity contribution < 1.29 is 45.4 Å². The van der Waals surface area contributed by atoms with Crippen molar-refractivity contribution in [2.75, 3.05) is 21.7 Å². The van der Waals surface area contributed by atoms with Crippen molar-refractivity contribution in [3.63, 3.8) is 0 Å². The Kier molecular flexibility index (Phi) is 16.2. The minimum Gasteiger partial charge on any atom is -0.486 e. The van der Waals surface area contributed by atoms with Crippen molar-refractivity contribution in [2.45, 2.75) is 156 Å². The predicted octanol–water partition coefficient (Wildman–Crippen LogP) is 10.2. The fourth-order valence-electron chi connectivity index (χ4n) is 8.23. The number of rotatable bonds is 12. The average molecular weight is 997 g/mol. The first-order chi connectivity index (χ1) is 32.3. The molecule has 4 aromatic rings. The number of esters is 2. The van der Waals surface area contributed by atoms with Gasteiger partial charge < -0.3 is 18.9 Å². The predicted molar refractivity (Wildman–Crippen MR) is 270 cm³/mol. The van der Waals surface area contributed by atoms with E-state index in [-0.39, 0.29) is 47.7 Å². The topological polar surface area (TPSA) is 193 Å². The van der Waals surface area contributed by atoms with Gasteiger partial charge in [-0.15, -0.1) is 0 Å². The van der Waals surface area contributed by atoms with E-state index in [2.05, 4.69) is 12.1 Å². The quantitative estimate of drug-likeness (QED) is 0.122. The second-order valence-corrected chi connectivity index (χ2v) is 25.2. The summed E-state index contributed by atoms with van der Waals surface area (Å²) >= 11 is 0. The van der Waals surface area contributed by atoms with Gasteiger partial charge in [-0.25, -0.2) is 16.8 Å². The van der Waals surface area contributed by atoms with Crippen LogP contribution in [0, 0.1) is 61.2 Å². The number of carbonyl (C=O) groups is 2. The molecule has 0 amide bonds. The summed E-state index contributed by atoms with van der Waals surface area (Å²) in [5, 5.41) is 19.0. The molecule has 0 saturated heterocycles. The summed E-state index contributed by atoms with van der Waals surface area (Å²) in [6, 6.07) is 24.9. The molecule has 0 saturated carbocycles. The molecule has 16 heteroatoms. The second kappa shape index (κ2) is 20.7. The van der Waals surface area contributed by atoms with Gasteiger partial charge >= 0.3 is 11.9 Å². The number of nitriles is 2. The van der Waals surface area contributed by atoms with E-state index < -0.39 is 54.3 Å². The van der Waals surface area contributed by atoms with Gasteiger partial charge in [0.15, 0.2) is 0 Å². The lowest BCUT2D eigenvalue weighted by Gasteiger charge is -2.38. The largest absolute Gasteiger partial charge is 0.486 e. The zero-order valence-corrected chi connectivity index (χ0v) is 44.6. The van der Waals surface area contributed by atoms with Gasteiger partial charge in [0, 0.05) is 12.8 Å². The fourth-order valence-corrected chi connectivity index (χ4v) is 11.4. The van der Waals surface area contributed by atoms with Crippen molar-refractivity contribution in [3.05, 3.63) is 106 Å². The highest BCUT2D eigenvalue weighted by Crippen LogP contribution is 2.45. The highest BCUT2D eigenvalue weighted by atomic mass is 32.2. The van der Waals surface area contributed by atoms with Crippen LogP contribution in [0.25, 0.3) is 0 Å². The molecule has 6 rings (SSSR count). The van der Waals surface area contributed by atoms with Gasteiger partial charge in [-0.1, -0.05) is 47.5 Å². The normalized spacial score (nSPS) is 16.2. The van der Waals surface area contributed by atoms with Crippen LogP contribution in [0.3, 0.4) is 0 Å². The Balaban J connectivity index is 0.000000261. The van der Waals surface area contributed by atoms with Crippen molar-refractivity contribution in [3.8, 4) is 23.6 Å². The van der Waals surface area contributed by atoms with Crippen LogP contribution in [0.15, 0.2) is 82.6 Å². The Labute approximate surface area is 415 Å². The molecular weight excluding hydrogens is 929 g/mol. The minimum absolute atomic E-state index is 0.0136. The van der Waals surface area contributed by atoms with Gasteiger partial charge in [0.1, 0.15) is 34.9 Å². The molecule has 2 aliphatic heterocycles. The molecule has 0 aromatic heterocycles. The van der Waals surface area contributed by atoms with Crippen LogP contribution in [-0.2, 0) is 52.0 Å². The summed E-state index contributed by atoms with van der Waals surface area (Å²) in [5.41, 5.74) is 2.74. The maximum absolute atomic E-state index is 13.8. The Morgan fingerprint density at radius 3 is 1.16 bits per heavy atom. The molecule has 2 atom stereocenters. The van der Waals surface area contributed by atoms with E-state index in [1.54, 1.807) is 156 Å². The van der Waals surface area contributed by atoms with E-state index in [1.165, 1.54) is 8.61 Å². The molecule has 0 N–H and O–H groups in total. The third kappa shape index (κ3) is 13.6. The molecule has 2 heterocycles. The van der Waals surface area contributed by atoms with Gasteiger partial charge in [-0.05, 0) is 156 Å². The van der Waals surface area contributed by atoms with Crippen LogP contribution in [0.1, 0.15) is 115 Å². The lowest BCUT2D eigenvalue weighted by atomic mass is 9.88. The maximum atomic E-state index is 13.8. The van der Waals surface area contributed by atoms with Crippen molar-refractivity contribution in [1.29, 1.82) is 10.5 Å². The van der Waals surface area contributed by atoms with Gasteiger partial charge in [-0.3, -0.25) is 18.2 Å². The zero-order valence-electron chi connectivity index (χ0n) is 43.0. The van der Waals surface area contributed by atoms with E-state index in [0.29, 0.717) is 58.0 Å². The van der Waals surface area contributed by atoms with Crippen LogP contribution in [0.2, 0.25) is 0 Å². The number of ether oxygens (including phenoxy) is 4. The lowest BCUT2D eigenvalue weighted by Crippen LogP contribution is -2.45. The Morgan fingerprint density at radius 2 is 0.871 bits per heavy atom. The standard InChI is InChI=1S/2C27H34N2O5S/c2*1-18-8-11-22(12-9-18)35(31,32)29-16-21(15-27(6,7)17-28)33-23-13-10-20(19(2)25(23)29)14-24(30)34-26(3,4)5/h2*8-13,21H,14-16H2,1-7H3/t2*21-/m10/s1. The SMILES string of the molecule is Cc1ccc(S(=O)(=O)N2C[C@@H](CC(C)(C)C#N)Oc3ccc(CC(=O)OC(C)(C)C)c(C)c32)cc1.Cc1ccc(S(=O)(=O)N2C[C@H](CC(C)(C)C#N)Oc3ccc(CC(=O)OC(C)(C)C)c(C)c32)cc1. The first-order valence-electron chi connectivity index (χ1n) is 23.3. The van der Waals surface area contributed by atoms with Gasteiger partial charge in [-0.2, -0.15) is 10.5 Å². The molecule has 0 fully saturated rings. The fraction of sp³-hybridized carbons (Fsp3) is 0.481. The number of benzene rings is 4. The third-order valence-electron chi connectivity index (χ3n) is 11.6. The first kappa shape index (κ1) is 54.8. The summed E-state index contributed by atoms with van der Waals surface area (Å²) in [7, 11) is -7.86. The summed E-state index contributed by atoms with van der Waals surface area (Å²) < 4.78 is 81.4. The molecule has 0 aliphatic carbocycles. The van der Waals surface area contributed by atoms with Crippen molar-refractivity contribution in [2.24, 2.45) is 10.8 Å². The minimum atomic E-state index is -3.93. The van der Waals surface area contributed by atoms with E-state index in [0.717, 1.165) is 11.1 Å². The number of anilines is 2. The monoisotopic (exact) mass is 996 g/mol. The molecule has 0 spiro atoms. The second-order valence-electron chi connectivity index (χ2n) is 21.5. The van der Waals surface area contributed by atoms with Crippen molar-refractivity contribution >= 4 is 43.4 Å². The van der Waals surface area contributed by atoms with E-state index in [1.807, 2.05) is 13.8 Å². The van der Waals surface area contributed by atoms with Crippen LogP contribution in [-0.4, -0.2) is 65.3 Å². The maximum Gasteiger partial charge on any atom is 0.310 e. The van der Waals surface area contributed by atoms with Crippen LogP contribution < -0.4 is 18.1 Å². The zero-order chi connectivity index (χ0) is 52.4. The number of hydrogen-bond donors (Lipinski definition) is 0. The van der Waals surface area contributed by atoms with Gasteiger partial charge in [0.2, 0.25) is 0 Å². The molecule has 2 aliphatic rings. The van der Waals surface area contributed by atoms with E-state index in [9.17, 15) is 36.9 Å². The molecule has 70 heavy (non-hydrogen) atoms. The molecule has 0 bridgehead atoms. The number of sulfonamides is 2. The molecule has 0 radical (unpaired) electrons. The van der Waals surface area contributed by atoms with Crippen LogP contribution in [0.5, 0.6) is 11.5 Å². The third-order valence-corrected chi connectivity index (χ3v) is 15.2. The smallest absolute Gasteiger partial charge is 0.310 e. The Morgan fingerprint density at radius 1 is 0.557 bits per heavy atom. The number of nitrogens with zero attached hydrogens (tertiary/aromatic N) is 4. The number of carbonyl (C=O) groups excluding carboxylic acids is 2. The number of hydrogen-bond acceptors (Lipinski definition) is 12. The van der Waals surface area contributed by atoms with E-state index in [4.69, 9.17) is 18.9 Å². The van der Waals surface area contributed by atoms with Crippen LogP contribution in [0.4, 0.5) is 11.4 Å². The number of aryl methyl sites for hydroxylation is 2. The molecule has 0 unspecified atom stereocenters. The molecular formula is C54H68N4O10S2. The molecule has 376 valence electrons. The summed E-state index contributed by atoms with van der Waals surface area (Å²) in [5.74, 6) is 0.0463. The number of fused-ring (bicyclic) bond motifs is 2. The van der Waals surface area contributed by atoms with E-state index >= 15 is 0 Å². The van der Waals surface area contributed by atoms with Gasteiger partial charge in [0.25, 0.3) is 20.0 Å². The first-order valence-corrected chi connectivity index (χ1v) is 26.2. The summed E-state index contributed by atoms with van der Waals surface area (Å²) in [6.45, 7) is 25.5. The molecule has 4 aromatic carbocycles. The summed E-state index contributed by atoms with van der Waals surface area (Å²) in [6.07, 6.45) is -0.260. The summed E-state index contributed by atoms with van der Waals surface area (Å²) in [4.78, 5) is 25.4.